The van der Waals surface area contributed by atoms with E-state index in [0.717, 1.165) is 0 Å². The second-order valence-electron chi connectivity index (χ2n) is 5.83. The van der Waals surface area contributed by atoms with Crippen LogP contribution in [-0.2, 0) is 23.2 Å². The molecule has 0 bridgehead atoms. The van der Waals surface area contributed by atoms with Gasteiger partial charge in [-0.15, -0.1) is 23.2 Å². The first-order valence-corrected chi connectivity index (χ1v) is 11.7. The van der Waals surface area contributed by atoms with E-state index in [1.54, 1.807) is 60.7 Å². The van der Waals surface area contributed by atoms with E-state index >= 15 is 0 Å². The normalized spacial score (nSPS) is 12.2. The molecule has 0 radical (unpaired) electrons. The zero-order valence-electron chi connectivity index (χ0n) is 15.9. The highest BCUT2D eigenvalue weighted by molar-refractivity contribution is 7.55. The monoisotopic (exact) mass is 474 g/mol. The maximum absolute atomic E-state index is 13.4. The largest absolute Gasteiger partial charge is 0.426 e. The second kappa shape index (κ2) is 12.7. The van der Waals surface area contributed by atoms with Crippen LogP contribution in [0.4, 0.5) is 0 Å². The zero-order valence-corrected chi connectivity index (χ0v) is 18.4. The number of benzene rings is 2. The summed E-state index contributed by atoms with van der Waals surface area (Å²) in [5.74, 6) is -1.27. The summed E-state index contributed by atoms with van der Waals surface area (Å²) >= 11 is 11.3. The molecule has 162 valence electrons. The number of carbonyl (C=O) groups is 2. The smallest absolute Gasteiger partial charge is 0.345 e. The molecule has 10 heteroatoms. The van der Waals surface area contributed by atoms with Crippen LogP contribution in [0, 0.1) is 0 Å². The van der Waals surface area contributed by atoms with Crippen molar-refractivity contribution >= 4 is 42.7 Å². The Kier molecular flexibility index (Phi) is 10.3. The molecule has 2 aromatic carbocycles. The van der Waals surface area contributed by atoms with E-state index in [9.17, 15) is 14.2 Å². The number of hydrogen-bond donors (Lipinski definition) is 0. The molecule has 0 aliphatic carbocycles. The number of para-hydroxylation sites is 2. The molecule has 2 aromatic rings. The third-order valence-corrected chi connectivity index (χ3v) is 6.20. The van der Waals surface area contributed by atoms with Crippen molar-refractivity contribution < 1.29 is 32.7 Å². The molecule has 1 atom stereocenters. The molecule has 0 heterocycles. The molecule has 2 rings (SSSR count). The minimum atomic E-state index is -4.16. The van der Waals surface area contributed by atoms with E-state index < -0.39 is 31.6 Å². The van der Waals surface area contributed by atoms with Gasteiger partial charge in [0.2, 0.25) is 0 Å². The second-order valence-corrected chi connectivity index (χ2v) is 8.80. The fourth-order valence-electron chi connectivity index (χ4n) is 2.36. The summed E-state index contributed by atoms with van der Waals surface area (Å²) in [6, 6.07) is 16.4. The van der Waals surface area contributed by atoms with Crippen molar-refractivity contribution in [3.8, 4) is 11.5 Å². The summed E-state index contributed by atoms with van der Waals surface area (Å²) in [5.41, 5.74) is -1.57. The molecule has 0 N–H and O–H groups in total. The Morgan fingerprint density at radius 2 is 1.27 bits per heavy atom. The van der Waals surface area contributed by atoms with Gasteiger partial charge >= 0.3 is 19.5 Å². The van der Waals surface area contributed by atoms with Crippen molar-refractivity contribution in [2.24, 2.45) is 0 Å². The van der Waals surface area contributed by atoms with Crippen molar-refractivity contribution in [3.05, 3.63) is 60.7 Å². The lowest BCUT2D eigenvalue weighted by Gasteiger charge is -2.24. The first kappa shape index (κ1) is 24.4. The van der Waals surface area contributed by atoms with Gasteiger partial charge in [-0.3, -0.25) is 14.2 Å². The highest BCUT2D eigenvalue weighted by Gasteiger charge is 2.45. The van der Waals surface area contributed by atoms with Crippen LogP contribution in [0.15, 0.2) is 60.7 Å². The van der Waals surface area contributed by atoms with Gasteiger partial charge in [-0.25, -0.2) is 0 Å². The van der Waals surface area contributed by atoms with E-state index in [-0.39, 0.29) is 36.5 Å². The molecular weight excluding hydrogens is 454 g/mol. The average Bonchev–Trinajstić information content (AvgIpc) is 2.76. The minimum Gasteiger partial charge on any atom is -0.426 e. The van der Waals surface area contributed by atoms with Crippen LogP contribution in [-0.4, -0.2) is 42.6 Å². The Morgan fingerprint density at radius 1 is 0.800 bits per heavy atom. The molecule has 30 heavy (non-hydrogen) atoms. The van der Waals surface area contributed by atoms with Crippen LogP contribution in [0.1, 0.15) is 6.42 Å². The van der Waals surface area contributed by atoms with Gasteiger partial charge in [0.25, 0.3) is 0 Å². The Balaban J connectivity index is 2.25. The third-order valence-electron chi connectivity index (χ3n) is 3.65. The van der Waals surface area contributed by atoms with E-state index in [1.807, 2.05) is 0 Å². The summed E-state index contributed by atoms with van der Waals surface area (Å²) in [6.07, 6.45) is -0.595. The molecule has 0 spiro atoms. The van der Waals surface area contributed by atoms with Gasteiger partial charge in [0.05, 0.1) is 19.6 Å². The Hall–Kier alpha value is -1.89. The zero-order chi connectivity index (χ0) is 21.8. The van der Waals surface area contributed by atoms with Crippen LogP contribution in [0.3, 0.4) is 0 Å². The SMILES string of the molecule is O=C(CC(C(=O)Oc1ccccc1)P(=O)(OCCCl)OCCCl)Oc1ccccc1. The molecule has 0 saturated heterocycles. The topological polar surface area (TPSA) is 88.1 Å². The van der Waals surface area contributed by atoms with Crippen molar-refractivity contribution in [2.75, 3.05) is 25.0 Å². The molecule has 0 aliphatic heterocycles. The Labute approximate surface area is 184 Å². The predicted molar refractivity (Wildman–Crippen MR) is 114 cm³/mol. The van der Waals surface area contributed by atoms with Gasteiger partial charge in [0.15, 0.2) is 5.66 Å². The third kappa shape index (κ3) is 7.74. The van der Waals surface area contributed by atoms with Crippen molar-refractivity contribution in [3.63, 3.8) is 0 Å². The molecule has 0 aromatic heterocycles. The summed E-state index contributed by atoms with van der Waals surface area (Å²) in [6.45, 7) is -0.325. The summed E-state index contributed by atoms with van der Waals surface area (Å²) < 4.78 is 34.5. The van der Waals surface area contributed by atoms with Gasteiger partial charge in [-0.05, 0) is 24.3 Å². The number of ether oxygens (including phenoxy) is 2. The number of esters is 2. The molecule has 0 aliphatic rings. The Bertz CT molecular complexity index is 837. The minimum absolute atomic E-state index is 0.00311. The number of carbonyl (C=O) groups excluding carboxylic acids is 2. The highest BCUT2D eigenvalue weighted by Crippen LogP contribution is 2.55. The van der Waals surface area contributed by atoms with Gasteiger partial charge in [-0.2, -0.15) is 0 Å². The van der Waals surface area contributed by atoms with E-state index in [1.165, 1.54) is 0 Å². The van der Waals surface area contributed by atoms with Crippen LogP contribution in [0.5, 0.6) is 11.5 Å². The molecular formula is C20H21Cl2O7P. The van der Waals surface area contributed by atoms with E-state index in [2.05, 4.69) is 0 Å². The highest BCUT2D eigenvalue weighted by atomic mass is 35.5. The van der Waals surface area contributed by atoms with Gasteiger partial charge in [-0.1, -0.05) is 36.4 Å². The maximum Gasteiger partial charge on any atom is 0.345 e. The summed E-state index contributed by atoms with van der Waals surface area (Å²) in [7, 11) is -4.16. The summed E-state index contributed by atoms with van der Waals surface area (Å²) in [4.78, 5) is 25.3. The molecule has 0 saturated carbocycles. The quantitative estimate of drug-likeness (QED) is 0.191. The van der Waals surface area contributed by atoms with E-state index in [0.29, 0.717) is 0 Å². The van der Waals surface area contributed by atoms with Crippen LogP contribution in [0.25, 0.3) is 0 Å². The van der Waals surface area contributed by atoms with Gasteiger partial charge < -0.3 is 18.5 Å². The van der Waals surface area contributed by atoms with E-state index in [4.69, 9.17) is 41.7 Å². The molecule has 0 amide bonds. The van der Waals surface area contributed by atoms with Crippen molar-refractivity contribution in [2.45, 2.75) is 12.1 Å². The van der Waals surface area contributed by atoms with Crippen molar-refractivity contribution in [1.29, 1.82) is 0 Å². The lowest BCUT2D eigenvalue weighted by molar-refractivity contribution is -0.140. The number of rotatable bonds is 12. The fourth-order valence-corrected chi connectivity index (χ4v) is 4.54. The lowest BCUT2D eigenvalue weighted by atomic mass is 10.3. The average molecular weight is 475 g/mol. The molecule has 7 nitrogen and oxygen atoms in total. The van der Waals surface area contributed by atoms with Gasteiger partial charge in [0, 0.05) is 11.8 Å². The van der Waals surface area contributed by atoms with Crippen LogP contribution >= 0.6 is 30.8 Å². The number of alkyl halides is 2. The predicted octanol–water partition coefficient (Wildman–Crippen LogP) is 4.66. The fraction of sp³-hybridized carbons (Fsp3) is 0.300. The van der Waals surface area contributed by atoms with Crippen LogP contribution in [0.2, 0.25) is 0 Å². The number of halogens is 2. The number of hydrogen-bond acceptors (Lipinski definition) is 7. The standard InChI is InChI=1S/C20H21Cl2O7P/c21-11-13-26-30(25,27-14-12-22)18(20(24)29-17-9-5-2-6-10-17)15-19(23)28-16-7-3-1-4-8-16/h1-10,18H,11-15H2. The van der Waals surface area contributed by atoms with Gasteiger partial charge in [0.1, 0.15) is 11.5 Å². The van der Waals surface area contributed by atoms with Crippen molar-refractivity contribution in [1.82, 2.24) is 0 Å². The first-order valence-electron chi connectivity index (χ1n) is 9.01. The van der Waals surface area contributed by atoms with Crippen LogP contribution < -0.4 is 9.47 Å². The lowest BCUT2D eigenvalue weighted by Crippen LogP contribution is -2.32. The maximum atomic E-state index is 13.4. The first-order chi connectivity index (χ1) is 14.5. The summed E-state index contributed by atoms with van der Waals surface area (Å²) in [5, 5.41) is 0. The Morgan fingerprint density at radius 3 is 1.73 bits per heavy atom. The molecule has 1 unspecified atom stereocenters. The molecule has 0 fully saturated rings.